The van der Waals surface area contributed by atoms with Crippen LogP contribution in [0.3, 0.4) is 0 Å². The Morgan fingerprint density at radius 2 is 2.14 bits per heavy atom. The van der Waals surface area contributed by atoms with Gasteiger partial charge in [-0.25, -0.2) is 0 Å². The monoisotopic (exact) mass is 212 g/mol. The normalized spacial score (nSPS) is 10.3. The van der Waals surface area contributed by atoms with E-state index in [1.807, 2.05) is 13.8 Å². The molecular formula is C10H13ClN2O. The van der Waals surface area contributed by atoms with Gasteiger partial charge in [0.1, 0.15) is 0 Å². The largest absolute Gasteiger partial charge is 0.399 e. The molecule has 0 atom stereocenters. The molecule has 0 bridgehead atoms. The van der Waals surface area contributed by atoms with Crippen molar-refractivity contribution in [2.75, 3.05) is 11.1 Å². The number of nitrogen functional groups attached to an aromatic ring is 1. The van der Waals surface area contributed by atoms with E-state index in [0.29, 0.717) is 16.4 Å². The number of carbonyl (C=O) groups is 1. The van der Waals surface area contributed by atoms with E-state index in [-0.39, 0.29) is 11.8 Å². The van der Waals surface area contributed by atoms with E-state index >= 15 is 0 Å². The highest BCUT2D eigenvalue weighted by Crippen LogP contribution is 2.24. The zero-order chi connectivity index (χ0) is 10.7. The Hall–Kier alpha value is -1.22. The Kier molecular flexibility index (Phi) is 3.36. The summed E-state index contributed by atoms with van der Waals surface area (Å²) >= 11 is 5.87. The van der Waals surface area contributed by atoms with Gasteiger partial charge in [0.15, 0.2) is 0 Å². The van der Waals surface area contributed by atoms with Crippen LogP contribution < -0.4 is 11.1 Å². The van der Waals surface area contributed by atoms with Gasteiger partial charge in [-0.05, 0) is 18.2 Å². The van der Waals surface area contributed by atoms with Crippen LogP contribution in [0.1, 0.15) is 13.8 Å². The summed E-state index contributed by atoms with van der Waals surface area (Å²) in [5, 5.41) is 3.19. The van der Waals surface area contributed by atoms with Crippen LogP contribution in [0.5, 0.6) is 0 Å². The van der Waals surface area contributed by atoms with E-state index < -0.39 is 0 Å². The van der Waals surface area contributed by atoms with Crippen molar-refractivity contribution in [2.24, 2.45) is 5.92 Å². The molecule has 0 aliphatic rings. The van der Waals surface area contributed by atoms with Crippen LogP contribution in [0.15, 0.2) is 18.2 Å². The highest BCUT2D eigenvalue weighted by molar-refractivity contribution is 6.33. The fraction of sp³-hybridized carbons (Fsp3) is 0.300. The van der Waals surface area contributed by atoms with Crippen molar-refractivity contribution in [3.8, 4) is 0 Å². The molecule has 0 saturated heterocycles. The van der Waals surface area contributed by atoms with Crippen LogP contribution in [-0.2, 0) is 4.79 Å². The molecule has 0 unspecified atom stereocenters. The number of hydrogen-bond acceptors (Lipinski definition) is 2. The third kappa shape index (κ3) is 2.64. The maximum Gasteiger partial charge on any atom is 0.226 e. The molecule has 0 aliphatic carbocycles. The highest BCUT2D eigenvalue weighted by atomic mass is 35.5. The van der Waals surface area contributed by atoms with Gasteiger partial charge in [0.2, 0.25) is 5.91 Å². The molecular weight excluding hydrogens is 200 g/mol. The van der Waals surface area contributed by atoms with Crippen molar-refractivity contribution >= 4 is 28.9 Å². The fourth-order valence-corrected chi connectivity index (χ4v) is 1.08. The standard InChI is InChI=1S/C10H13ClN2O/c1-6(2)10(14)13-9-5-7(12)3-4-8(9)11/h3-6H,12H2,1-2H3,(H,13,14). The van der Waals surface area contributed by atoms with Gasteiger partial charge in [-0.15, -0.1) is 0 Å². The minimum atomic E-state index is -0.0764. The quantitative estimate of drug-likeness (QED) is 0.741. The fourth-order valence-electron chi connectivity index (χ4n) is 0.916. The van der Waals surface area contributed by atoms with Crippen LogP contribution in [-0.4, -0.2) is 5.91 Å². The minimum Gasteiger partial charge on any atom is -0.399 e. The van der Waals surface area contributed by atoms with Gasteiger partial charge in [0, 0.05) is 11.6 Å². The first-order chi connectivity index (χ1) is 6.50. The van der Waals surface area contributed by atoms with E-state index in [1.54, 1.807) is 18.2 Å². The lowest BCUT2D eigenvalue weighted by atomic mass is 10.2. The average Bonchev–Trinajstić information content (AvgIpc) is 2.11. The van der Waals surface area contributed by atoms with Gasteiger partial charge < -0.3 is 11.1 Å². The summed E-state index contributed by atoms with van der Waals surface area (Å²) in [6.45, 7) is 3.63. The van der Waals surface area contributed by atoms with Crippen LogP contribution in [0.25, 0.3) is 0 Å². The lowest BCUT2D eigenvalue weighted by Gasteiger charge is -2.09. The summed E-state index contributed by atoms with van der Waals surface area (Å²) in [4.78, 5) is 11.4. The molecule has 4 heteroatoms. The first kappa shape index (κ1) is 10.9. The molecule has 76 valence electrons. The second kappa shape index (κ2) is 4.33. The van der Waals surface area contributed by atoms with Crippen LogP contribution >= 0.6 is 11.6 Å². The lowest BCUT2D eigenvalue weighted by Crippen LogP contribution is -2.18. The summed E-state index contributed by atoms with van der Waals surface area (Å²) < 4.78 is 0. The Morgan fingerprint density at radius 1 is 1.50 bits per heavy atom. The molecule has 0 saturated carbocycles. The van der Waals surface area contributed by atoms with E-state index in [4.69, 9.17) is 17.3 Å². The second-order valence-corrected chi connectivity index (χ2v) is 3.79. The molecule has 1 aromatic rings. The number of benzene rings is 1. The van der Waals surface area contributed by atoms with Crippen molar-refractivity contribution < 1.29 is 4.79 Å². The van der Waals surface area contributed by atoms with Gasteiger partial charge in [-0.1, -0.05) is 25.4 Å². The van der Waals surface area contributed by atoms with E-state index in [2.05, 4.69) is 5.32 Å². The molecule has 3 nitrogen and oxygen atoms in total. The number of nitrogens with two attached hydrogens (primary N) is 1. The van der Waals surface area contributed by atoms with Gasteiger partial charge >= 0.3 is 0 Å². The number of rotatable bonds is 2. The predicted octanol–water partition coefficient (Wildman–Crippen LogP) is 2.52. The molecule has 0 spiro atoms. The molecule has 0 fully saturated rings. The maximum atomic E-state index is 11.4. The molecule has 3 N–H and O–H groups in total. The SMILES string of the molecule is CC(C)C(=O)Nc1cc(N)ccc1Cl. The molecule has 1 aromatic carbocycles. The number of anilines is 2. The van der Waals surface area contributed by atoms with Crippen LogP contribution in [0.4, 0.5) is 11.4 Å². The molecule has 14 heavy (non-hydrogen) atoms. The smallest absolute Gasteiger partial charge is 0.226 e. The van der Waals surface area contributed by atoms with Crippen molar-refractivity contribution in [3.05, 3.63) is 23.2 Å². The van der Waals surface area contributed by atoms with Gasteiger partial charge in [0.25, 0.3) is 0 Å². The Balaban J connectivity index is 2.86. The Labute approximate surface area is 88.2 Å². The molecule has 1 rings (SSSR count). The topological polar surface area (TPSA) is 55.1 Å². The molecule has 0 heterocycles. The number of halogens is 1. The minimum absolute atomic E-state index is 0.0718. The summed E-state index contributed by atoms with van der Waals surface area (Å²) in [7, 11) is 0. The number of amides is 1. The molecule has 0 aromatic heterocycles. The summed E-state index contributed by atoms with van der Waals surface area (Å²) in [6.07, 6.45) is 0. The van der Waals surface area contributed by atoms with Gasteiger partial charge in [-0.2, -0.15) is 0 Å². The number of nitrogens with one attached hydrogen (secondary N) is 1. The first-order valence-electron chi connectivity index (χ1n) is 4.36. The second-order valence-electron chi connectivity index (χ2n) is 3.38. The molecule has 1 amide bonds. The van der Waals surface area contributed by atoms with Crippen molar-refractivity contribution in [1.82, 2.24) is 0 Å². The van der Waals surface area contributed by atoms with Crippen LogP contribution in [0, 0.1) is 5.92 Å². The summed E-state index contributed by atoms with van der Waals surface area (Å²) in [6, 6.07) is 4.99. The first-order valence-corrected chi connectivity index (χ1v) is 4.74. The van der Waals surface area contributed by atoms with Gasteiger partial charge in [-0.3, -0.25) is 4.79 Å². The Morgan fingerprint density at radius 3 is 2.71 bits per heavy atom. The maximum absolute atomic E-state index is 11.4. The molecule has 0 aliphatic heterocycles. The lowest BCUT2D eigenvalue weighted by molar-refractivity contribution is -0.118. The van der Waals surface area contributed by atoms with E-state index in [1.165, 1.54) is 0 Å². The number of carbonyl (C=O) groups excluding carboxylic acids is 1. The van der Waals surface area contributed by atoms with Crippen LogP contribution in [0.2, 0.25) is 5.02 Å². The van der Waals surface area contributed by atoms with Gasteiger partial charge in [0.05, 0.1) is 10.7 Å². The zero-order valence-electron chi connectivity index (χ0n) is 8.17. The van der Waals surface area contributed by atoms with E-state index in [0.717, 1.165) is 0 Å². The highest BCUT2D eigenvalue weighted by Gasteiger charge is 2.09. The van der Waals surface area contributed by atoms with E-state index in [9.17, 15) is 4.79 Å². The summed E-state index contributed by atoms with van der Waals surface area (Å²) in [5.74, 6) is -0.148. The third-order valence-electron chi connectivity index (χ3n) is 1.77. The zero-order valence-corrected chi connectivity index (χ0v) is 8.93. The predicted molar refractivity (Wildman–Crippen MR) is 59.3 cm³/mol. The molecule has 0 radical (unpaired) electrons. The van der Waals surface area contributed by atoms with Crippen molar-refractivity contribution in [3.63, 3.8) is 0 Å². The summed E-state index contributed by atoms with van der Waals surface area (Å²) in [5.41, 5.74) is 6.71. The van der Waals surface area contributed by atoms with Crippen molar-refractivity contribution in [1.29, 1.82) is 0 Å². The average molecular weight is 213 g/mol. The third-order valence-corrected chi connectivity index (χ3v) is 2.10. The number of hydrogen-bond donors (Lipinski definition) is 2. The Bertz CT molecular complexity index is 350. The van der Waals surface area contributed by atoms with Crippen molar-refractivity contribution in [2.45, 2.75) is 13.8 Å².